The molecular formula is C12H20N2O. The van der Waals surface area contributed by atoms with Crippen LogP contribution in [0.15, 0.2) is 12.4 Å². The molecule has 84 valence electrons. The average molecular weight is 208 g/mol. The highest BCUT2D eigenvalue weighted by Crippen LogP contribution is 2.35. The van der Waals surface area contributed by atoms with Crippen molar-refractivity contribution in [1.82, 2.24) is 9.55 Å². The molecule has 3 heteroatoms. The minimum atomic E-state index is -0.656. The molecule has 0 saturated heterocycles. The summed E-state index contributed by atoms with van der Waals surface area (Å²) >= 11 is 0. The highest BCUT2D eigenvalue weighted by Gasteiger charge is 2.34. The number of hydrogen-bond acceptors (Lipinski definition) is 2. The molecule has 0 spiro atoms. The van der Waals surface area contributed by atoms with Gasteiger partial charge in [-0.05, 0) is 19.3 Å². The number of rotatable bonds is 3. The van der Waals surface area contributed by atoms with E-state index in [9.17, 15) is 5.11 Å². The van der Waals surface area contributed by atoms with E-state index < -0.39 is 5.60 Å². The van der Waals surface area contributed by atoms with Gasteiger partial charge in [0, 0.05) is 18.9 Å². The third kappa shape index (κ3) is 2.07. The zero-order valence-corrected chi connectivity index (χ0v) is 9.45. The number of aromatic nitrogens is 2. The molecule has 1 aliphatic carbocycles. The molecule has 15 heavy (non-hydrogen) atoms. The van der Waals surface area contributed by atoms with E-state index >= 15 is 0 Å². The van der Waals surface area contributed by atoms with E-state index in [1.807, 2.05) is 6.20 Å². The summed E-state index contributed by atoms with van der Waals surface area (Å²) in [7, 11) is 0. The predicted octanol–water partition coefficient (Wildman–Crippen LogP) is 2.44. The second kappa shape index (κ2) is 4.35. The highest BCUT2D eigenvalue weighted by molar-refractivity contribution is 5.06. The van der Waals surface area contributed by atoms with Gasteiger partial charge in [-0.3, -0.25) is 0 Å². The maximum absolute atomic E-state index is 10.6. The number of hydrogen-bond donors (Lipinski definition) is 1. The first-order chi connectivity index (χ1) is 7.26. The second-order valence-corrected chi connectivity index (χ2v) is 4.54. The van der Waals surface area contributed by atoms with Crippen molar-refractivity contribution in [2.24, 2.45) is 0 Å². The van der Waals surface area contributed by atoms with E-state index in [2.05, 4.69) is 16.5 Å². The van der Waals surface area contributed by atoms with E-state index in [0.717, 1.165) is 44.5 Å². The molecule has 0 unspecified atom stereocenters. The highest BCUT2D eigenvalue weighted by atomic mass is 16.3. The summed E-state index contributed by atoms with van der Waals surface area (Å²) in [4.78, 5) is 4.34. The fourth-order valence-electron chi connectivity index (χ4n) is 2.50. The predicted molar refractivity (Wildman–Crippen MR) is 59.5 cm³/mol. The maximum Gasteiger partial charge on any atom is 0.140 e. The minimum absolute atomic E-state index is 0.656. The maximum atomic E-state index is 10.6. The second-order valence-electron chi connectivity index (χ2n) is 4.54. The van der Waals surface area contributed by atoms with E-state index in [0.29, 0.717) is 0 Å². The van der Waals surface area contributed by atoms with Crippen LogP contribution in [-0.2, 0) is 12.1 Å². The van der Waals surface area contributed by atoms with Crippen LogP contribution in [0.2, 0.25) is 0 Å². The lowest BCUT2D eigenvalue weighted by Crippen LogP contribution is -2.32. The Morgan fingerprint density at radius 3 is 2.80 bits per heavy atom. The van der Waals surface area contributed by atoms with Crippen LogP contribution in [0.3, 0.4) is 0 Å². The zero-order valence-electron chi connectivity index (χ0n) is 9.45. The normalized spacial score (nSPS) is 20.4. The van der Waals surface area contributed by atoms with Crippen molar-refractivity contribution in [3.8, 4) is 0 Å². The Kier molecular flexibility index (Phi) is 3.10. The van der Waals surface area contributed by atoms with Crippen LogP contribution in [0.4, 0.5) is 0 Å². The molecule has 1 heterocycles. The van der Waals surface area contributed by atoms with Crippen molar-refractivity contribution in [2.75, 3.05) is 0 Å². The number of imidazole rings is 1. The van der Waals surface area contributed by atoms with Crippen LogP contribution >= 0.6 is 0 Å². The minimum Gasteiger partial charge on any atom is -0.382 e. The Morgan fingerprint density at radius 1 is 1.40 bits per heavy atom. The number of nitrogens with zero attached hydrogens (tertiary/aromatic N) is 2. The molecule has 1 saturated carbocycles. The Balaban J connectivity index is 2.22. The van der Waals surface area contributed by atoms with Gasteiger partial charge >= 0.3 is 0 Å². The average Bonchev–Trinajstić information content (AvgIpc) is 2.68. The van der Waals surface area contributed by atoms with Crippen LogP contribution < -0.4 is 0 Å². The molecule has 1 fully saturated rings. The van der Waals surface area contributed by atoms with Gasteiger partial charge in [0.2, 0.25) is 0 Å². The van der Waals surface area contributed by atoms with Gasteiger partial charge in [0.05, 0.1) is 0 Å². The SMILES string of the molecule is CCCn1ccnc1C1(O)CCCCC1. The summed E-state index contributed by atoms with van der Waals surface area (Å²) in [6.45, 7) is 3.10. The lowest BCUT2D eigenvalue weighted by molar-refractivity contribution is -0.0120. The summed E-state index contributed by atoms with van der Waals surface area (Å²) < 4.78 is 2.10. The van der Waals surface area contributed by atoms with Crippen LogP contribution in [0, 0.1) is 0 Å². The van der Waals surface area contributed by atoms with Gasteiger partial charge < -0.3 is 9.67 Å². The van der Waals surface area contributed by atoms with Crippen molar-refractivity contribution < 1.29 is 5.11 Å². The molecule has 0 radical (unpaired) electrons. The molecule has 1 aliphatic rings. The fraction of sp³-hybridized carbons (Fsp3) is 0.750. The van der Waals surface area contributed by atoms with E-state index in [1.165, 1.54) is 6.42 Å². The number of aryl methyl sites for hydroxylation is 1. The Labute approximate surface area is 91.1 Å². The Morgan fingerprint density at radius 2 is 2.13 bits per heavy atom. The summed E-state index contributed by atoms with van der Waals surface area (Å²) in [5, 5.41) is 10.6. The van der Waals surface area contributed by atoms with Gasteiger partial charge in [-0.25, -0.2) is 4.98 Å². The quantitative estimate of drug-likeness (QED) is 0.828. The molecular weight excluding hydrogens is 188 g/mol. The molecule has 2 rings (SSSR count). The topological polar surface area (TPSA) is 38.0 Å². The molecule has 1 N–H and O–H groups in total. The van der Waals surface area contributed by atoms with Crippen LogP contribution in [0.5, 0.6) is 0 Å². The van der Waals surface area contributed by atoms with Gasteiger partial charge in [-0.15, -0.1) is 0 Å². The zero-order chi connectivity index (χ0) is 10.7. The van der Waals surface area contributed by atoms with Crippen molar-refractivity contribution in [3.63, 3.8) is 0 Å². The van der Waals surface area contributed by atoms with Gasteiger partial charge in [0.1, 0.15) is 11.4 Å². The molecule has 0 bridgehead atoms. The van der Waals surface area contributed by atoms with Crippen molar-refractivity contribution in [2.45, 2.75) is 57.6 Å². The van der Waals surface area contributed by atoms with E-state index in [1.54, 1.807) is 6.20 Å². The monoisotopic (exact) mass is 208 g/mol. The largest absolute Gasteiger partial charge is 0.382 e. The molecule has 1 aromatic heterocycles. The van der Waals surface area contributed by atoms with Gasteiger partial charge in [-0.1, -0.05) is 26.2 Å². The van der Waals surface area contributed by atoms with Crippen molar-refractivity contribution in [3.05, 3.63) is 18.2 Å². The summed E-state index contributed by atoms with van der Waals surface area (Å²) in [5.74, 6) is 0.879. The van der Waals surface area contributed by atoms with Crippen LogP contribution in [0.25, 0.3) is 0 Å². The molecule has 0 aromatic carbocycles. The van der Waals surface area contributed by atoms with Gasteiger partial charge in [0.25, 0.3) is 0 Å². The Hall–Kier alpha value is -0.830. The van der Waals surface area contributed by atoms with Crippen molar-refractivity contribution in [1.29, 1.82) is 0 Å². The molecule has 0 amide bonds. The molecule has 1 aromatic rings. The Bertz CT molecular complexity index is 313. The lowest BCUT2D eigenvalue weighted by Gasteiger charge is -2.31. The molecule has 0 atom stereocenters. The fourth-order valence-corrected chi connectivity index (χ4v) is 2.50. The van der Waals surface area contributed by atoms with E-state index in [4.69, 9.17) is 0 Å². The van der Waals surface area contributed by atoms with Gasteiger partial charge in [-0.2, -0.15) is 0 Å². The van der Waals surface area contributed by atoms with Crippen LogP contribution in [-0.4, -0.2) is 14.7 Å². The third-order valence-corrected chi connectivity index (χ3v) is 3.28. The third-order valence-electron chi connectivity index (χ3n) is 3.28. The lowest BCUT2D eigenvalue weighted by atomic mass is 9.84. The van der Waals surface area contributed by atoms with E-state index in [-0.39, 0.29) is 0 Å². The first-order valence-electron chi connectivity index (χ1n) is 6.00. The standard InChI is InChI=1S/C12H20N2O/c1-2-9-14-10-8-13-11(14)12(15)6-4-3-5-7-12/h8,10,15H,2-7,9H2,1H3. The summed E-state index contributed by atoms with van der Waals surface area (Å²) in [6.07, 6.45) is 10.1. The first-order valence-corrected chi connectivity index (χ1v) is 6.00. The smallest absolute Gasteiger partial charge is 0.140 e. The molecule has 0 aliphatic heterocycles. The summed E-state index contributed by atoms with van der Waals surface area (Å²) in [5.41, 5.74) is -0.656. The first kappa shape index (κ1) is 10.7. The number of aliphatic hydroxyl groups is 1. The summed E-state index contributed by atoms with van der Waals surface area (Å²) in [6, 6.07) is 0. The van der Waals surface area contributed by atoms with Gasteiger partial charge in [0.15, 0.2) is 0 Å². The molecule has 3 nitrogen and oxygen atoms in total. The van der Waals surface area contributed by atoms with Crippen molar-refractivity contribution >= 4 is 0 Å². The van der Waals surface area contributed by atoms with Crippen LogP contribution in [0.1, 0.15) is 51.3 Å².